The molecule has 126 valence electrons. The van der Waals surface area contributed by atoms with Crippen LogP contribution in [0.5, 0.6) is 0 Å². The highest BCUT2D eigenvalue weighted by Crippen LogP contribution is 2.30. The number of hydrogen-bond acceptors (Lipinski definition) is 5. The molecule has 1 aliphatic heterocycles. The van der Waals surface area contributed by atoms with Crippen LogP contribution >= 0.6 is 0 Å². The van der Waals surface area contributed by atoms with Crippen molar-refractivity contribution in [2.45, 2.75) is 18.5 Å². The molecule has 1 N–H and O–H groups in total. The van der Waals surface area contributed by atoms with E-state index in [1.165, 1.54) is 7.11 Å². The maximum atomic E-state index is 11.9. The number of likely N-dealkylation sites (N-methyl/N-ethyl adjacent to an activating group) is 1. The molecule has 0 spiro atoms. The van der Waals surface area contributed by atoms with Crippen LogP contribution in [-0.2, 0) is 9.53 Å². The second-order valence-corrected chi connectivity index (χ2v) is 5.91. The Hall–Kier alpha value is -2.67. The fourth-order valence-corrected chi connectivity index (χ4v) is 3.18. The van der Waals surface area contributed by atoms with Crippen LogP contribution in [0.3, 0.4) is 0 Å². The van der Waals surface area contributed by atoms with E-state index < -0.39 is 5.97 Å². The van der Waals surface area contributed by atoms with Gasteiger partial charge in [0.25, 0.3) is 0 Å². The number of carbonyl (C=O) groups excluding carboxylic acids is 1. The minimum absolute atomic E-state index is 0.107. The summed E-state index contributed by atoms with van der Waals surface area (Å²) in [5.74, 6) is -0.424. The molecule has 0 saturated carbocycles. The SMILES string of the molecule is COC(=O)[C@@H]1C[C@H](n2ccnc2-c2ccc(C(=O)O)cc2)CN1C. The van der Waals surface area contributed by atoms with Crippen LogP contribution in [0.15, 0.2) is 36.7 Å². The predicted octanol–water partition coefficient (Wildman–Crippen LogP) is 1.67. The number of esters is 1. The number of nitrogens with zero attached hydrogens (tertiary/aromatic N) is 3. The number of carboxylic acids is 1. The highest BCUT2D eigenvalue weighted by atomic mass is 16.5. The molecule has 7 heteroatoms. The van der Waals surface area contributed by atoms with Crippen LogP contribution in [0, 0.1) is 0 Å². The van der Waals surface area contributed by atoms with Crippen molar-refractivity contribution in [3.05, 3.63) is 42.2 Å². The van der Waals surface area contributed by atoms with Gasteiger partial charge in [-0.3, -0.25) is 9.69 Å². The van der Waals surface area contributed by atoms with Gasteiger partial charge in [-0.2, -0.15) is 0 Å². The minimum atomic E-state index is -0.955. The third-order valence-electron chi connectivity index (χ3n) is 4.45. The lowest BCUT2D eigenvalue weighted by atomic mass is 10.1. The van der Waals surface area contributed by atoms with Gasteiger partial charge >= 0.3 is 11.9 Å². The number of methoxy groups -OCH3 is 1. The van der Waals surface area contributed by atoms with E-state index in [4.69, 9.17) is 9.84 Å². The molecule has 7 nitrogen and oxygen atoms in total. The molecule has 3 rings (SSSR count). The van der Waals surface area contributed by atoms with Gasteiger partial charge in [0.2, 0.25) is 0 Å². The molecule has 1 fully saturated rings. The summed E-state index contributed by atoms with van der Waals surface area (Å²) in [6.45, 7) is 0.719. The van der Waals surface area contributed by atoms with E-state index in [1.807, 2.05) is 22.7 Å². The lowest BCUT2D eigenvalue weighted by Crippen LogP contribution is -2.33. The van der Waals surface area contributed by atoms with Gasteiger partial charge in [-0.15, -0.1) is 0 Å². The number of hydrogen-bond donors (Lipinski definition) is 1. The summed E-state index contributed by atoms with van der Waals surface area (Å²) in [4.78, 5) is 29.2. The van der Waals surface area contributed by atoms with Gasteiger partial charge < -0.3 is 14.4 Å². The Morgan fingerprint density at radius 3 is 2.62 bits per heavy atom. The first-order valence-electron chi connectivity index (χ1n) is 7.66. The number of aromatic carboxylic acids is 1. The van der Waals surface area contributed by atoms with E-state index in [9.17, 15) is 9.59 Å². The highest BCUT2D eigenvalue weighted by Gasteiger charge is 2.36. The largest absolute Gasteiger partial charge is 0.478 e. The van der Waals surface area contributed by atoms with Crippen LogP contribution in [0.4, 0.5) is 0 Å². The number of aromatic nitrogens is 2. The minimum Gasteiger partial charge on any atom is -0.478 e. The van der Waals surface area contributed by atoms with Gasteiger partial charge in [-0.1, -0.05) is 12.1 Å². The Morgan fingerprint density at radius 2 is 2.00 bits per heavy atom. The van der Waals surface area contributed by atoms with Crippen molar-refractivity contribution in [1.82, 2.24) is 14.5 Å². The van der Waals surface area contributed by atoms with Crippen molar-refractivity contribution in [3.8, 4) is 11.4 Å². The Bertz CT molecular complexity index is 753. The zero-order chi connectivity index (χ0) is 17.3. The van der Waals surface area contributed by atoms with Crippen molar-refractivity contribution in [2.24, 2.45) is 0 Å². The summed E-state index contributed by atoms with van der Waals surface area (Å²) in [6, 6.07) is 6.47. The van der Waals surface area contributed by atoms with E-state index in [2.05, 4.69) is 4.98 Å². The first-order valence-corrected chi connectivity index (χ1v) is 7.66. The van der Waals surface area contributed by atoms with Gasteiger partial charge in [-0.25, -0.2) is 9.78 Å². The molecule has 0 radical (unpaired) electrons. The van der Waals surface area contributed by atoms with Gasteiger partial charge in [0.05, 0.1) is 12.7 Å². The van der Waals surface area contributed by atoms with Crippen molar-refractivity contribution in [1.29, 1.82) is 0 Å². The summed E-state index contributed by atoms with van der Waals surface area (Å²) in [5, 5.41) is 9.00. The lowest BCUT2D eigenvalue weighted by molar-refractivity contribution is -0.145. The third kappa shape index (κ3) is 2.90. The summed E-state index contributed by atoms with van der Waals surface area (Å²) < 4.78 is 6.90. The number of rotatable bonds is 4. The fraction of sp³-hybridized carbons (Fsp3) is 0.353. The maximum Gasteiger partial charge on any atom is 0.335 e. The molecule has 0 aliphatic carbocycles. The quantitative estimate of drug-likeness (QED) is 0.859. The molecule has 1 aromatic carbocycles. The van der Waals surface area contributed by atoms with Gasteiger partial charge in [-0.05, 0) is 25.6 Å². The van der Waals surface area contributed by atoms with Crippen molar-refractivity contribution >= 4 is 11.9 Å². The molecule has 2 heterocycles. The average Bonchev–Trinajstić information content (AvgIpc) is 3.20. The normalized spacial score (nSPS) is 20.9. The summed E-state index contributed by atoms with van der Waals surface area (Å²) in [5.41, 5.74) is 1.08. The Morgan fingerprint density at radius 1 is 1.29 bits per heavy atom. The molecular formula is C17H19N3O4. The molecule has 0 amide bonds. The number of likely N-dealkylation sites (tertiary alicyclic amines) is 1. The molecule has 2 aromatic rings. The number of carbonyl (C=O) groups is 2. The van der Waals surface area contributed by atoms with Gasteiger partial charge in [0.15, 0.2) is 0 Å². The fourth-order valence-electron chi connectivity index (χ4n) is 3.18. The molecule has 1 saturated heterocycles. The summed E-state index contributed by atoms with van der Waals surface area (Å²) >= 11 is 0. The number of imidazole rings is 1. The molecule has 0 unspecified atom stereocenters. The monoisotopic (exact) mass is 329 g/mol. The second kappa shape index (κ2) is 6.45. The number of benzene rings is 1. The van der Waals surface area contributed by atoms with Gasteiger partial charge in [0, 0.05) is 30.5 Å². The smallest absolute Gasteiger partial charge is 0.335 e. The van der Waals surface area contributed by atoms with E-state index in [0.717, 1.165) is 17.9 Å². The van der Waals surface area contributed by atoms with Gasteiger partial charge in [0.1, 0.15) is 11.9 Å². The topological polar surface area (TPSA) is 84.7 Å². The Labute approximate surface area is 139 Å². The van der Waals surface area contributed by atoms with Crippen molar-refractivity contribution < 1.29 is 19.4 Å². The summed E-state index contributed by atoms with van der Waals surface area (Å²) in [6.07, 6.45) is 4.25. The third-order valence-corrected chi connectivity index (χ3v) is 4.45. The highest BCUT2D eigenvalue weighted by molar-refractivity contribution is 5.88. The Kier molecular flexibility index (Phi) is 4.35. The number of carboxylic acid groups (broad SMARTS) is 1. The molecule has 1 aliphatic rings. The standard InChI is InChI=1S/C17H19N3O4/c1-19-10-13(9-14(19)17(23)24-2)20-8-7-18-15(20)11-3-5-12(6-4-11)16(21)22/h3-8,13-14H,9-10H2,1-2H3,(H,21,22)/t13-,14-/m0/s1. The maximum absolute atomic E-state index is 11.9. The molecule has 1 aromatic heterocycles. The van der Waals surface area contributed by atoms with Crippen LogP contribution in [0.1, 0.15) is 22.8 Å². The Balaban J connectivity index is 1.86. The average molecular weight is 329 g/mol. The van der Waals surface area contributed by atoms with Crippen LogP contribution in [0.25, 0.3) is 11.4 Å². The van der Waals surface area contributed by atoms with Crippen LogP contribution in [-0.4, -0.2) is 58.2 Å². The second-order valence-electron chi connectivity index (χ2n) is 5.91. The summed E-state index contributed by atoms with van der Waals surface area (Å²) in [7, 11) is 3.30. The zero-order valence-corrected chi connectivity index (χ0v) is 13.5. The van der Waals surface area contributed by atoms with Crippen molar-refractivity contribution in [3.63, 3.8) is 0 Å². The molecular weight excluding hydrogens is 310 g/mol. The molecule has 2 atom stereocenters. The van der Waals surface area contributed by atoms with Crippen LogP contribution < -0.4 is 0 Å². The van der Waals surface area contributed by atoms with E-state index in [-0.39, 0.29) is 23.6 Å². The number of ether oxygens (including phenoxy) is 1. The molecule has 0 bridgehead atoms. The van der Waals surface area contributed by atoms with E-state index in [1.54, 1.807) is 30.5 Å². The van der Waals surface area contributed by atoms with E-state index in [0.29, 0.717) is 6.42 Å². The zero-order valence-electron chi connectivity index (χ0n) is 13.5. The lowest BCUT2D eigenvalue weighted by Gasteiger charge is -2.16. The van der Waals surface area contributed by atoms with E-state index >= 15 is 0 Å². The molecule has 24 heavy (non-hydrogen) atoms. The van der Waals surface area contributed by atoms with Crippen LogP contribution in [0.2, 0.25) is 0 Å². The predicted molar refractivity (Wildman–Crippen MR) is 86.7 cm³/mol. The first kappa shape index (κ1) is 16.2. The van der Waals surface area contributed by atoms with Crippen molar-refractivity contribution in [2.75, 3.05) is 20.7 Å². The first-order chi connectivity index (χ1) is 11.5.